The Morgan fingerprint density at radius 1 is 0.897 bits per heavy atom. The van der Waals surface area contributed by atoms with E-state index in [2.05, 4.69) is 64.4 Å². The number of nitrogens with zero attached hydrogens (tertiary/aromatic N) is 4. The van der Waals surface area contributed by atoms with Crippen LogP contribution in [0.3, 0.4) is 0 Å². The Morgan fingerprint density at radius 3 is 2.21 bits per heavy atom. The maximum Gasteiger partial charge on any atom is 0.274 e. The molecule has 0 bridgehead atoms. The number of nitrogens with one attached hydrogen (secondary N) is 1. The van der Waals surface area contributed by atoms with Gasteiger partial charge in [0, 0.05) is 37.6 Å². The average molecular weight is 387 g/mol. The van der Waals surface area contributed by atoms with Crippen LogP contribution in [0.1, 0.15) is 21.6 Å². The molecule has 6 nitrogen and oxygen atoms in total. The van der Waals surface area contributed by atoms with E-state index < -0.39 is 0 Å². The number of aromatic nitrogens is 2. The molecule has 29 heavy (non-hydrogen) atoms. The molecule has 1 N–H and O–H groups in total. The molecule has 1 aliphatic heterocycles. The lowest BCUT2D eigenvalue weighted by molar-refractivity contribution is 0.0740. The summed E-state index contributed by atoms with van der Waals surface area (Å²) in [4.78, 5) is 25.7. The lowest BCUT2D eigenvalue weighted by Gasteiger charge is -2.35. The number of aryl methyl sites for hydroxylation is 2. The van der Waals surface area contributed by atoms with Crippen molar-refractivity contribution >= 4 is 23.1 Å². The summed E-state index contributed by atoms with van der Waals surface area (Å²) in [6.07, 6.45) is 3.17. The SMILES string of the molecule is Cc1cc(C)cc(Nc2cnc(C(=O)N3CCN(c4ccccc4)CC3)cn2)c1. The van der Waals surface area contributed by atoms with Gasteiger partial charge in [0.1, 0.15) is 11.5 Å². The van der Waals surface area contributed by atoms with Crippen LogP contribution in [0.4, 0.5) is 17.2 Å². The largest absolute Gasteiger partial charge is 0.368 e. The smallest absolute Gasteiger partial charge is 0.274 e. The zero-order valence-corrected chi connectivity index (χ0v) is 16.8. The predicted molar refractivity (Wildman–Crippen MR) is 116 cm³/mol. The molecule has 2 heterocycles. The number of piperazine rings is 1. The normalized spacial score (nSPS) is 14.0. The van der Waals surface area contributed by atoms with E-state index >= 15 is 0 Å². The number of hydrogen-bond donors (Lipinski definition) is 1. The Kier molecular flexibility index (Phi) is 5.42. The summed E-state index contributed by atoms with van der Waals surface area (Å²) in [7, 11) is 0. The highest BCUT2D eigenvalue weighted by molar-refractivity contribution is 5.92. The summed E-state index contributed by atoms with van der Waals surface area (Å²) >= 11 is 0. The summed E-state index contributed by atoms with van der Waals surface area (Å²) in [5.74, 6) is 0.559. The van der Waals surface area contributed by atoms with Crippen LogP contribution in [0.25, 0.3) is 0 Å². The molecule has 2 aromatic carbocycles. The van der Waals surface area contributed by atoms with Crippen molar-refractivity contribution in [2.45, 2.75) is 13.8 Å². The average Bonchev–Trinajstić information content (AvgIpc) is 2.74. The molecule has 1 amide bonds. The summed E-state index contributed by atoms with van der Waals surface area (Å²) < 4.78 is 0. The third-order valence-electron chi connectivity index (χ3n) is 5.05. The minimum absolute atomic E-state index is 0.0665. The number of amides is 1. The quantitative estimate of drug-likeness (QED) is 0.738. The summed E-state index contributed by atoms with van der Waals surface area (Å²) in [6, 6.07) is 16.5. The van der Waals surface area contributed by atoms with Crippen LogP contribution < -0.4 is 10.2 Å². The van der Waals surface area contributed by atoms with Crippen molar-refractivity contribution in [3.8, 4) is 0 Å². The molecule has 0 unspecified atom stereocenters. The molecule has 0 saturated carbocycles. The molecule has 0 spiro atoms. The second kappa shape index (κ2) is 8.31. The number of carbonyl (C=O) groups excluding carboxylic acids is 1. The van der Waals surface area contributed by atoms with Gasteiger partial charge in [-0.1, -0.05) is 24.3 Å². The predicted octanol–water partition coefficient (Wildman–Crippen LogP) is 3.80. The highest BCUT2D eigenvalue weighted by atomic mass is 16.2. The highest BCUT2D eigenvalue weighted by Crippen LogP contribution is 2.19. The van der Waals surface area contributed by atoms with Crippen molar-refractivity contribution in [3.63, 3.8) is 0 Å². The van der Waals surface area contributed by atoms with Gasteiger partial charge in [0.05, 0.1) is 12.4 Å². The van der Waals surface area contributed by atoms with Crippen molar-refractivity contribution in [3.05, 3.63) is 77.7 Å². The van der Waals surface area contributed by atoms with Gasteiger partial charge in [0.15, 0.2) is 0 Å². The van der Waals surface area contributed by atoms with Crippen molar-refractivity contribution in [1.29, 1.82) is 0 Å². The van der Waals surface area contributed by atoms with Gasteiger partial charge in [-0.25, -0.2) is 9.97 Å². The Balaban J connectivity index is 1.37. The van der Waals surface area contributed by atoms with Crippen LogP contribution in [-0.4, -0.2) is 47.0 Å². The number of hydrogen-bond acceptors (Lipinski definition) is 5. The molecule has 148 valence electrons. The molecule has 0 atom stereocenters. The second-order valence-electron chi connectivity index (χ2n) is 7.40. The summed E-state index contributed by atoms with van der Waals surface area (Å²) in [6.45, 7) is 7.10. The lowest BCUT2D eigenvalue weighted by atomic mass is 10.1. The third-order valence-corrected chi connectivity index (χ3v) is 5.05. The topological polar surface area (TPSA) is 61.4 Å². The fourth-order valence-electron chi connectivity index (χ4n) is 3.67. The van der Waals surface area contributed by atoms with Crippen LogP contribution >= 0.6 is 0 Å². The fourth-order valence-corrected chi connectivity index (χ4v) is 3.67. The van der Waals surface area contributed by atoms with E-state index in [9.17, 15) is 4.79 Å². The van der Waals surface area contributed by atoms with Crippen LogP contribution in [-0.2, 0) is 0 Å². The zero-order valence-electron chi connectivity index (χ0n) is 16.8. The number of rotatable bonds is 4. The molecule has 6 heteroatoms. The first-order valence-electron chi connectivity index (χ1n) is 9.85. The van der Waals surface area contributed by atoms with E-state index in [1.54, 1.807) is 12.4 Å². The van der Waals surface area contributed by atoms with Gasteiger partial charge in [-0.05, 0) is 49.2 Å². The maximum atomic E-state index is 12.8. The maximum absolute atomic E-state index is 12.8. The fraction of sp³-hybridized carbons (Fsp3) is 0.261. The molecule has 1 fully saturated rings. The van der Waals surface area contributed by atoms with Gasteiger partial charge >= 0.3 is 0 Å². The monoisotopic (exact) mass is 387 g/mol. The zero-order chi connectivity index (χ0) is 20.2. The van der Waals surface area contributed by atoms with Gasteiger partial charge in [-0.15, -0.1) is 0 Å². The standard InChI is InChI=1S/C23H25N5O/c1-17-12-18(2)14-19(13-17)26-22-16-24-21(15-25-22)23(29)28-10-8-27(9-11-28)20-6-4-3-5-7-20/h3-7,12-16H,8-11H2,1-2H3,(H,25,26). The molecule has 1 saturated heterocycles. The van der Waals surface area contributed by atoms with Gasteiger partial charge in [0.2, 0.25) is 0 Å². The Labute approximate surface area is 171 Å². The Hall–Kier alpha value is -3.41. The molecule has 1 aromatic heterocycles. The molecular weight excluding hydrogens is 362 g/mol. The molecule has 1 aliphatic rings. The molecule has 4 rings (SSSR count). The second-order valence-corrected chi connectivity index (χ2v) is 7.40. The van der Waals surface area contributed by atoms with Crippen LogP contribution in [0.15, 0.2) is 60.9 Å². The van der Waals surface area contributed by atoms with Gasteiger partial charge < -0.3 is 15.1 Å². The Bertz CT molecular complexity index is 960. The van der Waals surface area contributed by atoms with Gasteiger partial charge in [-0.3, -0.25) is 4.79 Å². The number of para-hydroxylation sites is 1. The lowest BCUT2D eigenvalue weighted by Crippen LogP contribution is -2.49. The van der Waals surface area contributed by atoms with E-state index in [-0.39, 0.29) is 5.91 Å². The number of benzene rings is 2. The van der Waals surface area contributed by atoms with E-state index in [0.29, 0.717) is 24.6 Å². The number of anilines is 3. The molecule has 0 aliphatic carbocycles. The highest BCUT2D eigenvalue weighted by Gasteiger charge is 2.23. The van der Waals surface area contributed by atoms with Crippen LogP contribution in [0, 0.1) is 13.8 Å². The first kappa shape index (κ1) is 18.9. The summed E-state index contributed by atoms with van der Waals surface area (Å²) in [5, 5.41) is 3.25. The van der Waals surface area contributed by atoms with Crippen molar-refractivity contribution in [1.82, 2.24) is 14.9 Å². The first-order chi connectivity index (χ1) is 14.1. The van der Waals surface area contributed by atoms with E-state index in [4.69, 9.17) is 0 Å². The van der Waals surface area contributed by atoms with Crippen molar-refractivity contribution < 1.29 is 4.79 Å². The molecule has 3 aromatic rings. The van der Waals surface area contributed by atoms with Crippen LogP contribution in [0.5, 0.6) is 0 Å². The minimum atomic E-state index is -0.0665. The third kappa shape index (κ3) is 4.54. The van der Waals surface area contributed by atoms with E-state index in [1.165, 1.54) is 16.8 Å². The van der Waals surface area contributed by atoms with Crippen LogP contribution in [0.2, 0.25) is 0 Å². The number of carbonyl (C=O) groups is 1. The summed E-state index contributed by atoms with van der Waals surface area (Å²) in [5.41, 5.74) is 4.90. The molecular formula is C23H25N5O. The molecule has 0 radical (unpaired) electrons. The van der Waals surface area contributed by atoms with Gasteiger partial charge in [0.25, 0.3) is 5.91 Å². The minimum Gasteiger partial charge on any atom is -0.368 e. The first-order valence-corrected chi connectivity index (χ1v) is 9.85. The Morgan fingerprint density at radius 2 is 1.59 bits per heavy atom. The van der Waals surface area contributed by atoms with E-state index in [1.807, 2.05) is 23.1 Å². The van der Waals surface area contributed by atoms with Gasteiger partial charge in [-0.2, -0.15) is 0 Å². The van der Waals surface area contributed by atoms with Crippen molar-refractivity contribution in [2.75, 3.05) is 36.4 Å². The van der Waals surface area contributed by atoms with E-state index in [0.717, 1.165) is 18.8 Å². The van der Waals surface area contributed by atoms with Crippen molar-refractivity contribution in [2.24, 2.45) is 0 Å².